The Balaban J connectivity index is 1.44. The van der Waals surface area contributed by atoms with Gasteiger partial charge in [0.2, 0.25) is 15.9 Å². The van der Waals surface area contributed by atoms with Crippen LogP contribution < -0.4 is 4.74 Å². The number of hydrogen-bond acceptors (Lipinski definition) is 5. The summed E-state index contributed by atoms with van der Waals surface area (Å²) in [6, 6.07) is 11.1. The van der Waals surface area contributed by atoms with E-state index in [1.165, 1.54) is 10.6 Å². The lowest BCUT2D eigenvalue weighted by atomic mass is 9.92. The third-order valence-corrected chi connectivity index (χ3v) is 7.15. The van der Waals surface area contributed by atoms with Gasteiger partial charge in [0, 0.05) is 32.0 Å². The minimum Gasteiger partial charge on any atom is -0.497 e. The summed E-state index contributed by atoms with van der Waals surface area (Å²) in [5.74, 6) is 0.859. The summed E-state index contributed by atoms with van der Waals surface area (Å²) in [7, 11) is -1.77. The average Bonchev–Trinajstić information content (AvgIpc) is 3.48. The van der Waals surface area contributed by atoms with E-state index >= 15 is 0 Å². The van der Waals surface area contributed by atoms with Crippen molar-refractivity contribution >= 4 is 15.9 Å². The van der Waals surface area contributed by atoms with Crippen LogP contribution in [-0.4, -0.2) is 61.0 Å². The van der Waals surface area contributed by atoms with Crippen LogP contribution in [0, 0.1) is 0 Å². The largest absolute Gasteiger partial charge is 0.497 e. The zero-order valence-corrected chi connectivity index (χ0v) is 17.4. The molecular weight excluding hydrogens is 390 g/mol. The van der Waals surface area contributed by atoms with E-state index in [-0.39, 0.29) is 18.5 Å². The molecular formula is C21H25N3O4S. The molecule has 154 valence electrons. The van der Waals surface area contributed by atoms with Gasteiger partial charge in [-0.1, -0.05) is 12.1 Å². The smallest absolute Gasteiger partial charge is 0.233 e. The number of likely N-dealkylation sites (tertiary alicyclic amines) is 1. The van der Waals surface area contributed by atoms with E-state index in [4.69, 9.17) is 4.74 Å². The van der Waals surface area contributed by atoms with Crippen LogP contribution in [0.5, 0.6) is 5.75 Å². The standard InChI is InChI=1S/C21H25N3O4S/c1-28-19-5-3-17(4-6-19)21(9-10-21)20(25)23-14-18(15-23)24(29(2,26)27)13-16-7-11-22-12-8-16/h3-8,11-12,18H,9-10,13-15H2,1-2H3. The van der Waals surface area contributed by atoms with E-state index in [0.717, 1.165) is 29.7 Å². The first kappa shape index (κ1) is 19.8. The molecule has 2 fully saturated rings. The number of nitrogens with zero attached hydrogens (tertiary/aromatic N) is 3. The highest BCUT2D eigenvalue weighted by Crippen LogP contribution is 2.50. The van der Waals surface area contributed by atoms with Crippen molar-refractivity contribution in [3.8, 4) is 5.75 Å². The van der Waals surface area contributed by atoms with Crippen LogP contribution in [0.3, 0.4) is 0 Å². The Hall–Kier alpha value is -2.45. The summed E-state index contributed by atoms with van der Waals surface area (Å²) < 4.78 is 31.4. The molecule has 2 aliphatic rings. The predicted molar refractivity (Wildman–Crippen MR) is 109 cm³/mol. The molecule has 0 unspecified atom stereocenters. The first-order valence-electron chi connectivity index (χ1n) is 9.63. The molecule has 1 aromatic carbocycles. The molecule has 4 rings (SSSR count). The summed E-state index contributed by atoms with van der Waals surface area (Å²) in [6.07, 6.45) is 6.17. The molecule has 1 aliphatic carbocycles. The number of hydrogen-bond donors (Lipinski definition) is 0. The fraction of sp³-hybridized carbons (Fsp3) is 0.429. The fourth-order valence-electron chi connectivity index (χ4n) is 3.95. The number of sulfonamides is 1. The number of aromatic nitrogens is 1. The molecule has 1 aliphatic heterocycles. The molecule has 2 aromatic rings. The number of amides is 1. The van der Waals surface area contributed by atoms with Crippen LogP contribution in [0.1, 0.15) is 24.0 Å². The van der Waals surface area contributed by atoms with Crippen LogP contribution in [0.15, 0.2) is 48.8 Å². The molecule has 0 bridgehead atoms. The monoisotopic (exact) mass is 415 g/mol. The van der Waals surface area contributed by atoms with Gasteiger partial charge in [0.05, 0.1) is 24.8 Å². The maximum absolute atomic E-state index is 13.2. The Morgan fingerprint density at radius 1 is 1.17 bits per heavy atom. The maximum Gasteiger partial charge on any atom is 0.233 e. The van der Waals surface area contributed by atoms with E-state index in [1.807, 2.05) is 36.4 Å². The molecule has 0 N–H and O–H groups in total. The van der Waals surface area contributed by atoms with Gasteiger partial charge in [0.25, 0.3) is 0 Å². The van der Waals surface area contributed by atoms with Crippen molar-refractivity contribution in [2.45, 2.75) is 30.8 Å². The van der Waals surface area contributed by atoms with Crippen LogP contribution in [-0.2, 0) is 26.8 Å². The molecule has 1 amide bonds. The SMILES string of the molecule is COc1ccc(C2(C(=O)N3CC(N(Cc4ccncc4)S(C)(=O)=O)C3)CC2)cc1. The Morgan fingerprint density at radius 2 is 1.79 bits per heavy atom. The minimum absolute atomic E-state index is 0.0938. The first-order valence-corrected chi connectivity index (χ1v) is 11.5. The highest BCUT2D eigenvalue weighted by atomic mass is 32.2. The van der Waals surface area contributed by atoms with Gasteiger partial charge < -0.3 is 9.64 Å². The highest BCUT2D eigenvalue weighted by molar-refractivity contribution is 7.88. The van der Waals surface area contributed by atoms with E-state index in [0.29, 0.717) is 13.1 Å². The Labute approximate surface area is 171 Å². The van der Waals surface area contributed by atoms with Gasteiger partial charge in [0.15, 0.2) is 0 Å². The molecule has 0 spiro atoms. The van der Waals surface area contributed by atoms with Gasteiger partial charge in [-0.2, -0.15) is 4.31 Å². The molecule has 1 aromatic heterocycles. The summed E-state index contributed by atoms with van der Waals surface area (Å²) in [4.78, 5) is 18.9. The number of carbonyl (C=O) groups excluding carboxylic acids is 1. The fourth-order valence-corrected chi connectivity index (χ4v) is 5.01. The third kappa shape index (κ3) is 3.86. The van der Waals surface area contributed by atoms with Gasteiger partial charge in [-0.3, -0.25) is 9.78 Å². The third-order valence-electron chi connectivity index (χ3n) is 5.87. The van der Waals surface area contributed by atoms with Gasteiger partial charge in [-0.05, 0) is 48.2 Å². The van der Waals surface area contributed by atoms with Gasteiger partial charge in [-0.25, -0.2) is 8.42 Å². The number of ether oxygens (including phenoxy) is 1. The van der Waals surface area contributed by atoms with E-state index in [9.17, 15) is 13.2 Å². The zero-order chi connectivity index (χ0) is 20.6. The quantitative estimate of drug-likeness (QED) is 0.689. The zero-order valence-electron chi connectivity index (χ0n) is 16.6. The van der Waals surface area contributed by atoms with Gasteiger partial charge in [-0.15, -0.1) is 0 Å². The summed E-state index contributed by atoms with van der Waals surface area (Å²) in [5.41, 5.74) is 1.42. The molecule has 2 heterocycles. The van der Waals surface area contributed by atoms with Crippen molar-refractivity contribution in [1.29, 1.82) is 0 Å². The Morgan fingerprint density at radius 3 is 2.31 bits per heavy atom. The second-order valence-corrected chi connectivity index (χ2v) is 9.77. The number of benzene rings is 1. The Bertz CT molecular complexity index is 982. The van der Waals surface area contributed by atoms with Crippen molar-refractivity contribution in [3.05, 3.63) is 59.9 Å². The molecule has 29 heavy (non-hydrogen) atoms. The van der Waals surface area contributed by atoms with E-state index in [1.54, 1.807) is 24.4 Å². The second kappa shape index (κ2) is 7.42. The topological polar surface area (TPSA) is 79.8 Å². The number of methoxy groups -OCH3 is 1. The Kier molecular flexibility index (Phi) is 5.08. The lowest BCUT2D eigenvalue weighted by molar-refractivity contribution is -0.140. The van der Waals surface area contributed by atoms with Crippen molar-refractivity contribution in [2.75, 3.05) is 26.5 Å². The average molecular weight is 416 g/mol. The van der Waals surface area contributed by atoms with Crippen molar-refractivity contribution in [2.24, 2.45) is 0 Å². The van der Waals surface area contributed by atoms with Crippen molar-refractivity contribution in [3.63, 3.8) is 0 Å². The van der Waals surface area contributed by atoms with Crippen molar-refractivity contribution < 1.29 is 17.9 Å². The number of pyridine rings is 1. The van der Waals surface area contributed by atoms with E-state index < -0.39 is 15.4 Å². The summed E-state index contributed by atoms with van der Waals surface area (Å²) in [6.45, 7) is 1.14. The molecule has 0 radical (unpaired) electrons. The van der Waals surface area contributed by atoms with E-state index in [2.05, 4.69) is 4.98 Å². The second-order valence-electron chi connectivity index (χ2n) is 7.84. The number of carbonyl (C=O) groups is 1. The predicted octanol–water partition coefficient (Wildman–Crippen LogP) is 1.79. The van der Waals surface area contributed by atoms with Crippen molar-refractivity contribution in [1.82, 2.24) is 14.2 Å². The normalized spacial score (nSPS) is 18.4. The van der Waals surface area contributed by atoms with Crippen LogP contribution >= 0.6 is 0 Å². The van der Waals surface area contributed by atoms with Crippen LogP contribution in [0.2, 0.25) is 0 Å². The molecule has 1 saturated heterocycles. The summed E-state index contributed by atoms with van der Waals surface area (Å²) in [5, 5.41) is 0. The summed E-state index contributed by atoms with van der Waals surface area (Å²) >= 11 is 0. The lowest BCUT2D eigenvalue weighted by Crippen LogP contribution is -2.63. The minimum atomic E-state index is -3.39. The number of rotatable bonds is 7. The first-order chi connectivity index (χ1) is 13.8. The lowest BCUT2D eigenvalue weighted by Gasteiger charge is -2.45. The highest BCUT2D eigenvalue weighted by Gasteiger charge is 2.55. The molecule has 0 atom stereocenters. The van der Waals surface area contributed by atoms with Gasteiger partial charge in [0.1, 0.15) is 5.75 Å². The van der Waals surface area contributed by atoms with Crippen LogP contribution in [0.4, 0.5) is 0 Å². The molecule has 8 heteroatoms. The van der Waals surface area contributed by atoms with Gasteiger partial charge >= 0.3 is 0 Å². The molecule has 7 nitrogen and oxygen atoms in total. The maximum atomic E-state index is 13.2. The van der Waals surface area contributed by atoms with Crippen LogP contribution in [0.25, 0.3) is 0 Å². The molecule has 1 saturated carbocycles.